The monoisotopic (exact) mass is 391 g/mol. The highest BCUT2D eigenvalue weighted by Gasteiger charge is 2.20. The summed E-state index contributed by atoms with van der Waals surface area (Å²) in [5, 5.41) is 2.70. The summed E-state index contributed by atoms with van der Waals surface area (Å²) in [6.45, 7) is 3.15. The normalized spacial score (nSPS) is 11.4. The first-order chi connectivity index (χ1) is 12.8. The standard InChI is InChI=1S/C19H21NO6S/c1-11(21)16-7-8-17(27-16)19(23)26-12(2)18(22)20-10-13-5-6-14(24-3)15(9-13)25-4/h5-9,12H,10H2,1-4H3,(H,20,22). The Bertz CT molecular complexity index is 844. The third-order valence-corrected chi connectivity index (χ3v) is 4.89. The number of methoxy groups -OCH3 is 2. The van der Waals surface area contributed by atoms with E-state index in [0.717, 1.165) is 16.9 Å². The first-order valence-electron chi connectivity index (χ1n) is 8.16. The van der Waals surface area contributed by atoms with E-state index in [1.165, 1.54) is 27.0 Å². The van der Waals surface area contributed by atoms with Gasteiger partial charge in [0, 0.05) is 6.54 Å². The number of hydrogen-bond donors (Lipinski definition) is 1. The van der Waals surface area contributed by atoms with Crippen molar-refractivity contribution in [3.63, 3.8) is 0 Å². The van der Waals surface area contributed by atoms with Crippen LogP contribution >= 0.6 is 11.3 Å². The highest BCUT2D eigenvalue weighted by Crippen LogP contribution is 2.27. The average Bonchev–Trinajstić information content (AvgIpc) is 3.16. The molecule has 1 aromatic heterocycles. The molecule has 1 aromatic carbocycles. The van der Waals surface area contributed by atoms with Gasteiger partial charge in [0.2, 0.25) is 0 Å². The first kappa shape index (κ1) is 20.4. The molecule has 27 heavy (non-hydrogen) atoms. The van der Waals surface area contributed by atoms with Crippen LogP contribution < -0.4 is 14.8 Å². The fourth-order valence-electron chi connectivity index (χ4n) is 2.23. The van der Waals surface area contributed by atoms with Gasteiger partial charge >= 0.3 is 5.97 Å². The molecular weight excluding hydrogens is 370 g/mol. The molecule has 0 spiro atoms. The second-order valence-electron chi connectivity index (χ2n) is 5.67. The van der Waals surface area contributed by atoms with Crippen LogP contribution in [0.2, 0.25) is 0 Å². The Morgan fingerprint density at radius 3 is 2.30 bits per heavy atom. The zero-order valence-corrected chi connectivity index (χ0v) is 16.3. The molecule has 144 valence electrons. The van der Waals surface area contributed by atoms with Gasteiger partial charge in [-0.25, -0.2) is 4.79 Å². The number of ketones is 1. The van der Waals surface area contributed by atoms with E-state index in [9.17, 15) is 14.4 Å². The summed E-state index contributed by atoms with van der Waals surface area (Å²) in [4.78, 5) is 36.3. The van der Waals surface area contributed by atoms with Crippen LogP contribution in [0, 0.1) is 0 Å². The van der Waals surface area contributed by atoms with Crippen LogP contribution in [-0.2, 0) is 16.1 Å². The smallest absolute Gasteiger partial charge is 0.349 e. The maximum absolute atomic E-state index is 12.2. The molecule has 0 aliphatic heterocycles. The Balaban J connectivity index is 1.91. The fraction of sp³-hybridized carbons (Fsp3) is 0.316. The fourth-order valence-corrected chi connectivity index (χ4v) is 3.02. The molecule has 2 aromatic rings. The number of rotatable bonds is 8. The Kier molecular flexibility index (Phi) is 6.95. The summed E-state index contributed by atoms with van der Waals surface area (Å²) in [6.07, 6.45) is -0.972. The quantitative estimate of drug-likeness (QED) is 0.550. The van der Waals surface area contributed by atoms with E-state index in [1.54, 1.807) is 31.4 Å². The zero-order valence-electron chi connectivity index (χ0n) is 15.5. The van der Waals surface area contributed by atoms with Crippen LogP contribution in [0.4, 0.5) is 0 Å². The molecule has 0 aliphatic carbocycles. The molecule has 1 heterocycles. The molecule has 8 heteroatoms. The lowest BCUT2D eigenvalue weighted by atomic mass is 10.2. The maximum Gasteiger partial charge on any atom is 0.349 e. The summed E-state index contributed by atoms with van der Waals surface area (Å²) in [7, 11) is 3.08. The highest BCUT2D eigenvalue weighted by molar-refractivity contribution is 7.15. The number of nitrogens with one attached hydrogen (secondary N) is 1. The molecule has 1 atom stereocenters. The van der Waals surface area contributed by atoms with Gasteiger partial charge in [-0.1, -0.05) is 6.07 Å². The average molecular weight is 391 g/mol. The number of carbonyl (C=O) groups is 3. The predicted octanol–water partition coefficient (Wildman–Crippen LogP) is 2.83. The zero-order chi connectivity index (χ0) is 20.0. The molecule has 0 radical (unpaired) electrons. The molecule has 0 aliphatic rings. The van der Waals surface area contributed by atoms with Gasteiger partial charge in [-0.05, 0) is 43.7 Å². The number of esters is 1. The van der Waals surface area contributed by atoms with E-state index in [-0.39, 0.29) is 17.2 Å². The van der Waals surface area contributed by atoms with E-state index < -0.39 is 18.0 Å². The lowest BCUT2D eigenvalue weighted by Gasteiger charge is -2.14. The summed E-state index contributed by atoms with van der Waals surface area (Å²) >= 11 is 1.04. The number of ether oxygens (including phenoxy) is 3. The van der Waals surface area contributed by atoms with Crippen LogP contribution in [0.15, 0.2) is 30.3 Å². The minimum Gasteiger partial charge on any atom is -0.493 e. The number of benzene rings is 1. The van der Waals surface area contributed by atoms with Crippen molar-refractivity contribution in [1.29, 1.82) is 0 Å². The van der Waals surface area contributed by atoms with Gasteiger partial charge in [-0.3, -0.25) is 9.59 Å². The van der Waals surface area contributed by atoms with Gasteiger partial charge in [0.25, 0.3) is 5.91 Å². The Morgan fingerprint density at radius 2 is 1.70 bits per heavy atom. The molecule has 0 saturated heterocycles. The summed E-state index contributed by atoms with van der Waals surface area (Å²) in [5.41, 5.74) is 0.809. The lowest BCUT2D eigenvalue weighted by molar-refractivity contribution is -0.129. The first-order valence-corrected chi connectivity index (χ1v) is 8.97. The van der Waals surface area contributed by atoms with Crippen LogP contribution in [0.3, 0.4) is 0 Å². The van der Waals surface area contributed by atoms with Crippen molar-refractivity contribution in [2.75, 3.05) is 14.2 Å². The van der Waals surface area contributed by atoms with Gasteiger partial charge in [0.05, 0.1) is 19.1 Å². The molecule has 1 unspecified atom stereocenters. The summed E-state index contributed by atoms with van der Waals surface area (Å²) in [5.74, 6) is -0.0408. The van der Waals surface area contributed by atoms with Crippen molar-refractivity contribution in [3.05, 3.63) is 45.6 Å². The third-order valence-electron chi connectivity index (χ3n) is 3.72. The van der Waals surface area contributed by atoms with Crippen molar-refractivity contribution in [2.45, 2.75) is 26.5 Å². The number of carbonyl (C=O) groups excluding carboxylic acids is 3. The van der Waals surface area contributed by atoms with Crippen molar-refractivity contribution in [3.8, 4) is 11.5 Å². The van der Waals surface area contributed by atoms with Crippen molar-refractivity contribution in [1.82, 2.24) is 5.32 Å². The SMILES string of the molecule is COc1ccc(CNC(=O)C(C)OC(=O)c2ccc(C(C)=O)s2)cc1OC. The van der Waals surface area contributed by atoms with Gasteiger partial charge in [0.15, 0.2) is 23.4 Å². The molecule has 1 N–H and O–H groups in total. The minimum atomic E-state index is -0.972. The van der Waals surface area contributed by atoms with Crippen molar-refractivity contribution >= 4 is 29.0 Å². The Labute approximate surface area is 161 Å². The molecule has 2 rings (SSSR count). The summed E-state index contributed by atoms with van der Waals surface area (Å²) < 4.78 is 15.6. The van der Waals surface area contributed by atoms with Crippen molar-refractivity contribution in [2.24, 2.45) is 0 Å². The van der Waals surface area contributed by atoms with Gasteiger partial charge in [0.1, 0.15) is 4.88 Å². The van der Waals surface area contributed by atoms with Crippen molar-refractivity contribution < 1.29 is 28.6 Å². The Hall–Kier alpha value is -2.87. The number of amides is 1. The second kappa shape index (κ2) is 9.18. The predicted molar refractivity (Wildman–Crippen MR) is 101 cm³/mol. The number of thiophene rings is 1. The maximum atomic E-state index is 12.2. The van der Waals surface area contributed by atoms with E-state index >= 15 is 0 Å². The Morgan fingerprint density at radius 1 is 1.04 bits per heavy atom. The molecule has 7 nitrogen and oxygen atoms in total. The molecule has 0 fully saturated rings. The van der Waals surface area contributed by atoms with Gasteiger partial charge in [-0.15, -0.1) is 11.3 Å². The van der Waals surface area contributed by atoms with Crippen LogP contribution in [0.1, 0.15) is 38.8 Å². The third kappa shape index (κ3) is 5.30. The van der Waals surface area contributed by atoms with E-state index in [1.807, 2.05) is 0 Å². The molecule has 1 amide bonds. The second-order valence-corrected chi connectivity index (χ2v) is 6.76. The summed E-state index contributed by atoms with van der Waals surface area (Å²) in [6, 6.07) is 8.37. The molecule has 0 saturated carbocycles. The number of hydrogen-bond acceptors (Lipinski definition) is 7. The highest BCUT2D eigenvalue weighted by atomic mass is 32.1. The minimum absolute atomic E-state index is 0.125. The number of Topliss-reactive ketones (excluding diaryl/α,β-unsaturated/α-hetero) is 1. The van der Waals surface area contributed by atoms with Gasteiger partial charge < -0.3 is 19.5 Å². The molecule has 0 bridgehead atoms. The topological polar surface area (TPSA) is 90.9 Å². The molecular formula is C19H21NO6S. The van der Waals surface area contributed by atoms with E-state index in [0.29, 0.717) is 16.4 Å². The lowest BCUT2D eigenvalue weighted by Crippen LogP contribution is -2.35. The van der Waals surface area contributed by atoms with Gasteiger partial charge in [-0.2, -0.15) is 0 Å². The van der Waals surface area contributed by atoms with Crippen LogP contribution in [0.5, 0.6) is 11.5 Å². The largest absolute Gasteiger partial charge is 0.493 e. The van der Waals surface area contributed by atoms with Crippen LogP contribution in [0.25, 0.3) is 0 Å². The van der Waals surface area contributed by atoms with E-state index in [2.05, 4.69) is 5.32 Å². The van der Waals surface area contributed by atoms with Crippen LogP contribution in [-0.4, -0.2) is 38.0 Å². The van der Waals surface area contributed by atoms with E-state index in [4.69, 9.17) is 14.2 Å².